The molecule has 3 nitrogen and oxygen atoms in total. The molecule has 1 aromatic rings. The second-order valence-corrected chi connectivity index (χ2v) is 2.30. The van der Waals surface area contributed by atoms with Gasteiger partial charge in [-0.25, -0.2) is 4.98 Å². The first-order chi connectivity index (χ1) is 5.38. The fraction of sp³-hybridized carbons (Fsp3) is 0.500. The molecule has 1 heterocycles. The first kappa shape index (κ1) is 7.80. The molecule has 0 unspecified atom stereocenters. The van der Waals surface area contributed by atoms with Crippen molar-refractivity contribution in [1.29, 1.82) is 5.26 Å². The standard InChI is InChI=1S/C8H11N3/c1-2-8-10-5-7-11(8)6-3-4-9/h5,7H,2-3,6H2,1H3. The molecule has 0 spiro atoms. The Kier molecular flexibility index (Phi) is 2.67. The van der Waals surface area contributed by atoms with E-state index in [-0.39, 0.29) is 0 Å². The lowest BCUT2D eigenvalue weighted by Crippen LogP contribution is -2.00. The molecule has 11 heavy (non-hydrogen) atoms. The fourth-order valence-corrected chi connectivity index (χ4v) is 1.03. The minimum Gasteiger partial charge on any atom is -0.334 e. The van der Waals surface area contributed by atoms with Crippen molar-refractivity contribution in [3.63, 3.8) is 0 Å². The van der Waals surface area contributed by atoms with Gasteiger partial charge >= 0.3 is 0 Å². The summed E-state index contributed by atoms with van der Waals surface area (Å²) in [5.41, 5.74) is 0. The molecule has 0 aliphatic rings. The minimum absolute atomic E-state index is 0.559. The summed E-state index contributed by atoms with van der Waals surface area (Å²) in [6, 6.07) is 2.11. The largest absolute Gasteiger partial charge is 0.334 e. The van der Waals surface area contributed by atoms with Crippen LogP contribution in [0.15, 0.2) is 12.4 Å². The quantitative estimate of drug-likeness (QED) is 0.651. The van der Waals surface area contributed by atoms with E-state index in [1.165, 1.54) is 0 Å². The smallest absolute Gasteiger partial charge is 0.108 e. The van der Waals surface area contributed by atoms with Gasteiger partial charge in [-0.2, -0.15) is 5.26 Å². The van der Waals surface area contributed by atoms with Crippen LogP contribution in [0.4, 0.5) is 0 Å². The van der Waals surface area contributed by atoms with E-state index in [0.29, 0.717) is 6.42 Å². The molecule has 1 rings (SSSR count). The molecular formula is C8H11N3. The van der Waals surface area contributed by atoms with Crippen molar-refractivity contribution >= 4 is 0 Å². The topological polar surface area (TPSA) is 41.6 Å². The Bertz CT molecular complexity index is 257. The average molecular weight is 149 g/mol. The van der Waals surface area contributed by atoms with Gasteiger partial charge in [0, 0.05) is 25.4 Å². The number of hydrogen-bond acceptors (Lipinski definition) is 2. The molecule has 0 aliphatic heterocycles. The van der Waals surface area contributed by atoms with E-state index >= 15 is 0 Å². The predicted molar refractivity (Wildman–Crippen MR) is 41.8 cm³/mol. The zero-order valence-electron chi connectivity index (χ0n) is 6.62. The van der Waals surface area contributed by atoms with Gasteiger partial charge in [0.15, 0.2) is 0 Å². The number of imidazole rings is 1. The van der Waals surface area contributed by atoms with Crippen LogP contribution in [0.5, 0.6) is 0 Å². The molecular weight excluding hydrogens is 138 g/mol. The van der Waals surface area contributed by atoms with Gasteiger partial charge in [-0.1, -0.05) is 6.92 Å². The van der Waals surface area contributed by atoms with Gasteiger partial charge in [0.25, 0.3) is 0 Å². The van der Waals surface area contributed by atoms with Gasteiger partial charge in [0.1, 0.15) is 5.82 Å². The van der Waals surface area contributed by atoms with Crippen LogP contribution in [0.1, 0.15) is 19.2 Å². The van der Waals surface area contributed by atoms with Gasteiger partial charge < -0.3 is 4.57 Å². The van der Waals surface area contributed by atoms with E-state index in [4.69, 9.17) is 5.26 Å². The molecule has 0 amide bonds. The Morgan fingerprint density at radius 2 is 2.55 bits per heavy atom. The first-order valence-electron chi connectivity index (χ1n) is 3.75. The maximum absolute atomic E-state index is 8.34. The predicted octanol–water partition coefficient (Wildman–Crippen LogP) is 1.36. The Morgan fingerprint density at radius 3 is 3.18 bits per heavy atom. The van der Waals surface area contributed by atoms with Crippen LogP contribution in [-0.2, 0) is 13.0 Å². The zero-order valence-corrected chi connectivity index (χ0v) is 6.62. The van der Waals surface area contributed by atoms with Gasteiger partial charge in [0.05, 0.1) is 12.5 Å². The molecule has 0 aliphatic carbocycles. The Labute approximate surface area is 66.3 Å². The van der Waals surface area contributed by atoms with Crippen LogP contribution in [-0.4, -0.2) is 9.55 Å². The lowest BCUT2D eigenvalue weighted by Gasteiger charge is -2.01. The minimum atomic E-state index is 0.559. The summed E-state index contributed by atoms with van der Waals surface area (Å²) < 4.78 is 2.02. The van der Waals surface area contributed by atoms with Crippen molar-refractivity contribution in [3.8, 4) is 6.07 Å². The summed E-state index contributed by atoms with van der Waals surface area (Å²) in [5, 5.41) is 8.34. The number of aromatic nitrogens is 2. The van der Waals surface area contributed by atoms with E-state index < -0.39 is 0 Å². The van der Waals surface area contributed by atoms with Crippen LogP contribution >= 0.6 is 0 Å². The normalized spacial score (nSPS) is 9.45. The number of aryl methyl sites for hydroxylation is 2. The SMILES string of the molecule is CCc1nccn1CCC#N. The lowest BCUT2D eigenvalue weighted by atomic mass is 10.4. The molecule has 1 aromatic heterocycles. The van der Waals surface area contributed by atoms with E-state index in [1.807, 2.05) is 10.8 Å². The zero-order chi connectivity index (χ0) is 8.10. The van der Waals surface area contributed by atoms with E-state index in [1.54, 1.807) is 6.20 Å². The number of rotatable bonds is 3. The second kappa shape index (κ2) is 3.77. The molecule has 58 valence electrons. The monoisotopic (exact) mass is 149 g/mol. The third-order valence-corrected chi connectivity index (χ3v) is 1.58. The van der Waals surface area contributed by atoms with Crippen LogP contribution in [0.25, 0.3) is 0 Å². The number of nitriles is 1. The third-order valence-electron chi connectivity index (χ3n) is 1.58. The molecule has 0 saturated carbocycles. The molecule has 3 heteroatoms. The fourth-order valence-electron chi connectivity index (χ4n) is 1.03. The highest BCUT2D eigenvalue weighted by molar-refractivity contribution is 4.92. The molecule has 0 N–H and O–H groups in total. The summed E-state index contributed by atoms with van der Waals surface area (Å²) in [4.78, 5) is 4.14. The van der Waals surface area contributed by atoms with Gasteiger partial charge in [-0.3, -0.25) is 0 Å². The van der Waals surface area contributed by atoms with Crippen molar-refractivity contribution in [1.82, 2.24) is 9.55 Å². The van der Waals surface area contributed by atoms with Crippen LogP contribution in [0.3, 0.4) is 0 Å². The lowest BCUT2D eigenvalue weighted by molar-refractivity contribution is 0.670. The Morgan fingerprint density at radius 1 is 1.73 bits per heavy atom. The van der Waals surface area contributed by atoms with Gasteiger partial charge in [-0.15, -0.1) is 0 Å². The molecule has 0 fully saturated rings. The molecule has 0 radical (unpaired) electrons. The Balaban J connectivity index is 2.62. The highest BCUT2D eigenvalue weighted by Crippen LogP contribution is 1.98. The molecule has 0 bridgehead atoms. The summed E-state index contributed by atoms with van der Waals surface area (Å²) in [6.45, 7) is 2.82. The van der Waals surface area contributed by atoms with E-state index in [0.717, 1.165) is 18.8 Å². The summed E-state index contributed by atoms with van der Waals surface area (Å²) in [7, 11) is 0. The first-order valence-corrected chi connectivity index (χ1v) is 3.75. The highest BCUT2D eigenvalue weighted by atomic mass is 15.1. The molecule has 0 saturated heterocycles. The van der Waals surface area contributed by atoms with Crippen LogP contribution in [0.2, 0.25) is 0 Å². The van der Waals surface area contributed by atoms with Crippen molar-refractivity contribution in [2.75, 3.05) is 0 Å². The van der Waals surface area contributed by atoms with Crippen LogP contribution in [0, 0.1) is 11.3 Å². The van der Waals surface area contributed by atoms with E-state index in [2.05, 4.69) is 18.0 Å². The molecule has 0 atom stereocenters. The van der Waals surface area contributed by atoms with Crippen molar-refractivity contribution in [2.45, 2.75) is 26.3 Å². The summed E-state index contributed by atoms with van der Waals surface area (Å²) in [5.74, 6) is 1.06. The van der Waals surface area contributed by atoms with Crippen LogP contribution < -0.4 is 0 Å². The summed E-state index contributed by atoms with van der Waals surface area (Å²) in [6.07, 6.45) is 5.17. The third kappa shape index (κ3) is 1.81. The number of hydrogen-bond donors (Lipinski definition) is 0. The molecule has 0 aromatic carbocycles. The van der Waals surface area contributed by atoms with Crippen molar-refractivity contribution < 1.29 is 0 Å². The highest BCUT2D eigenvalue weighted by Gasteiger charge is 1.97. The van der Waals surface area contributed by atoms with Crippen molar-refractivity contribution in [3.05, 3.63) is 18.2 Å². The Hall–Kier alpha value is -1.30. The summed E-state index contributed by atoms with van der Waals surface area (Å²) >= 11 is 0. The second-order valence-electron chi connectivity index (χ2n) is 2.30. The number of nitrogens with zero attached hydrogens (tertiary/aromatic N) is 3. The average Bonchev–Trinajstić information content (AvgIpc) is 2.47. The van der Waals surface area contributed by atoms with E-state index in [9.17, 15) is 0 Å². The van der Waals surface area contributed by atoms with Gasteiger partial charge in [-0.05, 0) is 0 Å². The maximum atomic E-state index is 8.34. The van der Waals surface area contributed by atoms with Crippen molar-refractivity contribution in [2.24, 2.45) is 0 Å². The van der Waals surface area contributed by atoms with Gasteiger partial charge in [0.2, 0.25) is 0 Å². The maximum Gasteiger partial charge on any atom is 0.108 e.